The van der Waals surface area contributed by atoms with Crippen molar-refractivity contribution < 1.29 is 4.74 Å². The predicted molar refractivity (Wildman–Crippen MR) is 229 cm³/mol. The van der Waals surface area contributed by atoms with Crippen molar-refractivity contribution in [3.05, 3.63) is 205 Å². The van der Waals surface area contributed by atoms with Crippen molar-refractivity contribution in [1.29, 1.82) is 0 Å². The lowest BCUT2D eigenvalue weighted by atomic mass is 9.73. The van der Waals surface area contributed by atoms with E-state index in [4.69, 9.17) is 4.74 Å². The van der Waals surface area contributed by atoms with Crippen LogP contribution in [-0.2, 0) is 5.41 Å². The molecule has 2 aliphatic heterocycles. The summed E-state index contributed by atoms with van der Waals surface area (Å²) in [5.41, 5.74) is 17.2. The molecule has 0 N–H and O–H groups in total. The second-order valence-corrected chi connectivity index (χ2v) is 15.0. The summed E-state index contributed by atoms with van der Waals surface area (Å²) < 4.78 is 6.78. The largest absolute Gasteiger partial charge is 0.453 e. The van der Waals surface area contributed by atoms with Gasteiger partial charge in [-0.05, 0) is 93.9 Å². The SMILES string of the molecule is Cc1c(-c2ccccc2)ccc2c1N1c3cc(N(c4ccc(-c5ccccc5)cc4)c4ccccc4-c4ccccc4)ccc3C(C)(C)c3cccc(c31)O2. The standard InChI is InChI=1S/C52H40N2O/c1-35-42(38-18-9-5-10-19-38)31-33-49-50(35)54-47-34-41(30-32-44(47)52(2,3)45-23-15-25-48(55-49)51(45)54)53(40-28-26-37(27-29-40)36-16-7-4-8-17-36)46-24-14-13-22-43(46)39-20-11-6-12-21-39/h4-34H,1-3H3. The number of anilines is 6. The molecule has 3 nitrogen and oxygen atoms in total. The van der Waals surface area contributed by atoms with Gasteiger partial charge in [0.25, 0.3) is 0 Å². The summed E-state index contributed by atoms with van der Waals surface area (Å²) in [6, 6.07) is 67.6. The Morgan fingerprint density at radius 2 is 1.04 bits per heavy atom. The van der Waals surface area contributed by atoms with E-state index in [-0.39, 0.29) is 5.41 Å². The van der Waals surface area contributed by atoms with Gasteiger partial charge >= 0.3 is 0 Å². The monoisotopic (exact) mass is 708 g/mol. The van der Waals surface area contributed by atoms with Gasteiger partial charge < -0.3 is 14.5 Å². The minimum absolute atomic E-state index is 0.272. The number of hydrogen-bond donors (Lipinski definition) is 0. The maximum absolute atomic E-state index is 6.78. The third-order valence-corrected chi connectivity index (χ3v) is 11.4. The van der Waals surface area contributed by atoms with Crippen LogP contribution in [0.3, 0.4) is 0 Å². The first-order valence-electron chi connectivity index (χ1n) is 19.0. The molecule has 10 rings (SSSR count). The van der Waals surface area contributed by atoms with E-state index >= 15 is 0 Å². The average Bonchev–Trinajstić information content (AvgIpc) is 3.24. The highest BCUT2D eigenvalue weighted by Crippen LogP contribution is 2.62. The fraction of sp³-hybridized carbons (Fsp3) is 0.0769. The van der Waals surface area contributed by atoms with E-state index in [9.17, 15) is 0 Å². The van der Waals surface area contributed by atoms with Crippen LogP contribution < -0.4 is 14.5 Å². The normalized spacial score (nSPS) is 13.3. The molecular weight excluding hydrogens is 669 g/mol. The number of para-hydroxylation sites is 2. The lowest BCUT2D eigenvalue weighted by Gasteiger charge is -2.46. The molecule has 0 saturated heterocycles. The molecule has 8 aromatic carbocycles. The van der Waals surface area contributed by atoms with E-state index in [0.717, 1.165) is 45.6 Å². The van der Waals surface area contributed by atoms with Crippen molar-refractivity contribution in [2.45, 2.75) is 26.2 Å². The molecule has 0 radical (unpaired) electrons. The zero-order valence-electron chi connectivity index (χ0n) is 31.2. The molecule has 2 heterocycles. The Morgan fingerprint density at radius 1 is 0.455 bits per heavy atom. The Morgan fingerprint density at radius 3 is 1.75 bits per heavy atom. The summed E-state index contributed by atoms with van der Waals surface area (Å²) in [6.45, 7) is 6.91. The van der Waals surface area contributed by atoms with Crippen LogP contribution in [0.2, 0.25) is 0 Å². The molecule has 0 amide bonds. The molecule has 0 bridgehead atoms. The number of nitrogens with zero attached hydrogens (tertiary/aromatic N) is 2. The Kier molecular flexibility index (Phi) is 7.71. The zero-order chi connectivity index (χ0) is 37.1. The van der Waals surface area contributed by atoms with Crippen molar-refractivity contribution in [2.24, 2.45) is 0 Å². The van der Waals surface area contributed by atoms with Crippen molar-refractivity contribution in [3.8, 4) is 44.9 Å². The lowest BCUT2D eigenvalue weighted by Crippen LogP contribution is -2.33. The van der Waals surface area contributed by atoms with Crippen LogP contribution >= 0.6 is 0 Å². The van der Waals surface area contributed by atoms with Gasteiger partial charge in [0.1, 0.15) is 0 Å². The average molecular weight is 709 g/mol. The number of rotatable bonds is 6. The number of fused-ring (bicyclic) bond motifs is 4. The van der Waals surface area contributed by atoms with E-state index in [1.54, 1.807) is 0 Å². The summed E-state index contributed by atoms with van der Waals surface area (Å²) in [7, 11) is 0. The molecule has 0 aliphatic carbocycles. The maximum atomic E-state index is 6.78. The van der Waals surface area contributed by atoms with Crippen molar-refractivity contribution >= 4 is 34.1 Å². The minimum Gasteiger partial charge on any atom is -0.453 e. The van der Waals surface area contributed by atoms with Gasteiger partial charge in [-0.1, -0.05) is 159 Å². The second kappa shape index (κ2) is 12.9. The molecule has 0 unspecified atom stereocenters. The fourth-order valence-electron chi connectivity index (χ4n) is 8.69. The summed E-state index contributed by atoms with van der Waals surface area (Å²) in [6.07, 6.45) is 0. The third-order valence-electron chi connectivity index (χ3n) is 11.4. The molecule has 2 aliphatic rings. The third kappa shape index (κ3) is 5.34. The topological polar surface area (TPSA) is 15.7 Å². The van der Waals surface area contributed by atoms with Gasteiger partial charge in [0.05, 0.1) is 22.7 Å². The molecule has 0 saturated carbocycles. The van der Waals surface area contributed by atoms with E-state index < -0.39 is 0 Å². The Bertz CT molecular complexity index is 2700. The lowest BCUT2D eigenvalue weighted by molar-refractivity contribution is 0.471. The van der Waals surface area contributed by atoms with Gasteiger partial charge in [0.2, 0.25) is 0 Å². The molecule has 0 atom stereocenters. The van der Waals surface area contributed by atoms with Gasteiger partial charge in [0.15, 0.2) is 11.5 Å². The Hall–Kier alpha value is -6.84. The van der Waals surface area contributed by atoms with Gasteiger partial charge in [0, 0.05) is 22.4 Å². The van der Waals surface area contributed by atoms with Gasteiger partial charge in [-0.15, -0.1) is 0 Å². The van der Waals surface area contributed by atoms with Crippen LogP contribution in [0.4, 0.5) is 34.1 Å². The summed E-state index contributed by atoms with van der Waals surface area (Å²) >= 11 is 0. The van der Waals surface area contributed by atoms with Crippen molar-refractivity contribution in [3.63, 3.8) is 0 Å². The van der Waals surface area contributed by atoms with E-state index in [1.807, 2.05) is 0 Å². The van der Waals surface area contributed by atoms with E-state index in [0.29, 0.717) is 0 Å². The smallest absolute Gasteiger partial charge is 0.151 e. The molecule has 0 spiro atoms. The molecule has 0 fully saturated rings. The van der Waals surface area contributed by atoms with Crippen LogP contribution in [0.5, 0.6) is 11.5 Å². The van der Waals surface area contributed by atoms with Crippen molar-refractivity contribution in [2.75, 3.05) is 9.80 Å². The highest BCUT2D eigenvalue weighted by Gasteiger charge is 2.42. The quantitative estimate of drug-likeness (QED) is 0.171. The van der Waals surface area contributed by atoms with E-state index in [1.165, 1.54) is 50.1 Å². The maximum Gasteiger partial charge on any atom is 0.151 e. The van der Waals surface area contributed by atoms with Crippen molar-refractivity contribution in [1.82, 2.24) is 0 Å². The number of hydrogen-bond acceptors (Lipinski definition) is 3. The Balaban J connectivity index is 1.21. The Labute approximate surface area is 323 Å². The molecular formula is C52H40N2O. The summed E-state index contributed by atoms with van der Waals surface area (Å²) in [5, 5.41) is 0. The van der Waals surface area contributed by atoms with Gasteiger partial charge in [-0.2, -0.15) is 0 Å². The highest BCUT2D eigenvalue weighted by atomic mass is 16.5. The fourth-order valence-corrected chi connectivity index (χ4v) is 8.69. The van der Waals surface area contributed by atoms with Gasteiger partial charge in [-0.25, -0.2) is 0 Å². The summed E-state index contributed by atoms with van der Waals surface area (Å²) in [4.78, 5) is 4.90. The summed E-state index contributed by atoms with van der Waals surface area (Å²) in [5.74, 6) is 1.74. The molecule has 264 valence electrons. The molecule has 8 aromatic rings. The first-order chi connectivity index (χ1) is 27.0. The first-order valence-corrected chi connectivity index (χ1v) is 19.0. The second-order valence-electron chi connectivity index (χ2n) is 15.0. The predicted octanol–water partition coefficient (Wildman–Crippen LogP) is 14.7. The first kappa shape index (κ1) is 32.8. The molecule has 0 aromatic heterocycles. The van der Waals surface area contributed by atoms with Crippen LogP contribution in [0.25, 0.3) is 33.4 Å². The van der Waals surface area contributed by atoms with Crippen LogP contribution in [0.1, 0.15) is 30.5 Å². The zero-order valence-corrected chi connectivity index (χ0v) is 31.2. The number of benzene rings is 8. The van der Waals surface area contributed by atoms with Crippen LogP contribution in [0.15, 0.2) is 188 Å². The molecule has 3 heteroatoms. The van der Waals surface area contributed by atoms with Crippen LogP contribution in [-0.4, -0.2) is 0 Å². The van der Waals surface area contributed by atoms with Crippen LogP contribution in [0, 0.1) is 6.92 Å². The minimum atomic E-state index is -0.272. The highest BCUT2D eigenvalue weighted by molar-refractivity contribution is 5.98. The van der Waals surface area contributed by atoms with Gasteiger partial charge in [-0.3, -0.25) is 0 Å². The molecule has 55 heavy (non-hydrogen) atoms. The number of ether oxygens (including phenoxy) is 1. The van der Waals surface area contributed by atoms with E-state index in [2.05, 4.69) is 219 Å².